The van der Waals surface area contributed by atoms with Crippen LogP contribution in [0, 0.1) is 11.3 Å². The Bertz CT molecular complexity index is 622. The van der Waals surface area contributed by atoms with Crippen LogP contribution in [0.2, 0.25) is 0 Å². The Morgan fingerprint density at radius 2 is 2.24 bits per heavy atom. The van der Waals surface area contributed by atoms with Crippen LogP contribution in [0.5, 0.6) is 0 Å². The fourth-order valence-electron chi connectivity index (χ4n) is 2.73. The van der Waals surface area contributed by atoms with E-state index >= 15 is 0 Å². The average Bonchev–Trinajstić information content (AvgIpc) is 2.46. The van der Waals surface area contributed by atoms with E-state index in [0.29, 0.717) is 5.56 Å². The summed E-state index contributed by atoms with van der Waals surface area (Å²) in [6, 6.07) is 8.18. The minimum Gasteiger partial charge on any atom is -0.362 e. The molecule has 2 rings (SSSR count). The molecular weight excluding hydrogens is 258 g/mol. The fraction of sp³-hybridized carbons (Fsp3) is 0.278. The quantitative estimate of drug-likeness (QED) is 0.918. The molecule has 0 aliphatic carbocycles. The first-order valence-corrected chi connectivity index (χ1v) is 7.04. The van der Waals surface area contributed by atoms with Crippen LogP contribution in [0.25, 0.3) is 6.08 Å². The van der Waals surface area contributed by atoms with Gasteiger partial charge in [-0.05, 0) is 43.1 Å². The van der Waals surface area contributed by atoms with Gasteiger partial charge in [-0.2, -0.15) is 5.26 Å². The minimum atomic E-state index is 0.277. The average molecular weight is 279 g/mol. The van der Waals surface area contributed by atoms with E-state index in [-0.39, 0.29) is 6.04 Å². The Morgan fingerprint density at radius 1 is 1.48 bits per heavy atom. The van der Waals surface area contributed by atoms with Gasteiger partial charge in [-0.15, -0.1) is 0 Å². The molecule has 0 saturated carbocycles. The molecule has 1 heterocycles. The topological polar surface area (TPSA) is 39.1 Å². The van der Waals surface area contributed by atoms with Crippen molar-refractivity contribution in [2.75, 3.05) is 7.05 Å². The normalized spacial score (nSPS) is 18.2. The van der Waals surface area contributed by atoms with Gasteiger partial charge in [0.1, 0.15) is 0 Å². The molecule has 1 aliphatic heterocycles. The summed E-state index contributed by atoms with van der Waals surface area (Å²) in [5, 5.41) is 12.3. The lowest BCUT2D eigenvalue weighted by atomic mass is 9.99. The summed E-state index contributed by atoms with van der Waals surface area (Å²) in [4.78, 5) is 2.26. The highest BCUT2D eigenvalue weighted by molar-refractivity contribution is 5.54. The van der Waals surface area contributed by atoms with Crippen LogP contribution >= 0.6 is 0 Å². The van der Waals surface area contributed by atoms with E-state index in [4.69, 9.17) is 5.26 Å². The second-order valence-corrected chi connectivity index (χ2v) is 5.45. The Kier molecular flexibility index (Phi) is 4.62. The highest BCUT2D eigenvalue weighted by atomic mass is 15.2. The largest absolute Gasteiger partial charge is 0.362 e. The maximum Gasteiger partial charge on any atom is 0.0991 e. The van der Waals surface area contributed by atoms with Crippen molar-refractivity contribution >= 4 is 6.08 Å². The zero-order chi connectivity index (χ0) is 15.4. The van der Waals surface area contributed by atoms with Crippen molar-refractivity contribution in [3.8, 4) is 6.07 Å². The van der Waals surface area contributed by atoms with E-state index in [1.54, 1.807) is 0 Å². The predicted octanol–water partition coefficient (Wildman–Crippen LogP) is 3.41. The monoisotopic (exact) mass is 279 g/mol. The molecule has 3 heteroatoms. The lowest BCUT2D eigenvalue weighted by molar-refractivity contribution is 0.235. The Balaban J connectivity index is 2.17. The van der Waals surface area contributed by atoms with Gasteiger partial charge < -0.3 is 5.32 Å². The Morgan fingerprint density at radius 3 is 2.86 bits per heavy atom. The van der Waals surface area contributed by atoms with Crippen LogP contribution in [0.3, 0.4) is 0 Å². The van der Waals surface area contributed by atoms with Gasteiger partial charge in [0.25, 0.3) is 0 Å². The maximum absolute atomic E-state index is 9.06. The molecule has 0 spiro atoms. The lowest BCUT2D eigenvalue weighted by Crippen LogP contribution is -2.40. The first kappa shape index (κ1) is 15.1. The van der Waals surface area contributed by atoms with E-state index in [0.717, 1.165) is 41.9 Å². The second-order valence-electron chi connectivity index (χ2n) is 5.45. The van der Waals surface area contributed by atoms with E-state index in [1.807, 2.05) is 24.3 Å². The highest BCUT2D eigenvalue weighted by Crippen LogP contribution is 2.23. The SMILES string of the molecule is C=Cc1ccc(C#N)cc1CN(C)C1CCC(=C)NC1=C. The number of hydrogen-bond donors (Lipinski definition) is 1. The number of rotatable bonds is 4. The van der Waals surface area contributed by atoms with Crippen molar-refractivity contribution in [1.29, 1.82) is 5.26 Å². The third kappa shape index (κ3) is 3.42. The summed E-state index contributed by atoms with van der Waals surface area (Å²) in [5.41, 5.74) is 4.88. The maximum atomic E-state index is 9.06. The molecular formula is C18H21N3. The summed E-state index contributed by atoms with van der Waals surface area (Å²) in [7, 11) is 2.08. The third-order valence-electron chi connectivity index (χ3n) is 3.90. The third-order valence-corrected chi connectivity index (χ3v) is 3.90. The van der Waals surface area contributed by atoms with Crippen molar-refractivity contribution in [3.63, 3.8) is 0 Å². The zero-order valence-electron chi connectivity index (χ0n) is 12.5. The van der Waals surface area contributed by atoms with Crippen molar-refractivity contribution in [1.82, 2.24) is 10.2 Å². The van der Waals surface area contributed by atoms with Crippen molar-refractivity contribution in [2.24, 2.45) is 0 Å². The molecule has 1 N–H and O–H groups in total. The van der Waals surface area contributed by atoms with E-state index < -0.39 is 0 Å². The summed E-state index contributed by atoms with van der Waals surface area (Å²) in [6.45, 7) is 12.7. The van der Waals surface area contributed by atoms with Crippen LogP contribution in [0.4, 0.5) is 0 Å². The van der Waals surface area contributed by atoms with E-state index in [1.165, 1.54) is 0 Å². The predicted molar refractivity (Wildman–Crippen MR) is 87.2 cm³/mol. The van der Waals surface area contributed by atoms with E-state index in [2.05, 4.69) is 43.1 Å². The summed E-state index contributed by atoms with van der Waals surface area (Å²) < 4.78 is 0. The molecule has 21 heavy (non-hydrogen) atoms. The number of benzene rings is 1. The molecule has 3 nitrogen and oxygen atoms in total. The fourth-order valence-corrected chi connectivity index (χ4v) is 2.73. The molecule has 1 saturated heterocycles. The van der Waals surface area contributed by atoms with Gasteiger partial charge in [-0.25, -0.2) is 0 Å². The molecule has 0 bridgehead atoms. The zero-order valence-corrected chi connectivity index (χ0v) is 12.5. The van der Waals surface area contributed by atoms with Gasteiger partial charge in [0.05, 0.1) is 11.6 Å². The molecule has 0 aromatic heterocycles. The number of nitriles is 1. The lowest BCUT2D eigenvalue weighted by Gasteiger charge is -2.35. The number of allylic oxidation sites excluding steroid dienone is 1. The molecule has 0 radical (unpaired) electrons. The smallest absolute Gasteiger partial charge is 0.0991 e. The Labute approximate surface area is 126 Å². The van der Waals surface area contributed by atoms with Crippen LogP contribution in [-0.2, 0) is 6.54 Å². The van der Waals surface area contributed by atoms with Crippen LogP contribution in [0.1, 0.15) is 29.5 Å². The number of nitrogens with zero attached hydrogens (tertiary/aromatic N) is 2. The molecule has 1 fully saturated rings. The number of piperidine rings is 1. The Hall–Kier alpha value is -2.31. The van der Waals surface area contributed by atoms with Crippen LogP contribution in [0.15, 0.2) is 49.3 Å². The van der Waals surface area contributed by atoms with Crippen molar-refractivity contribution < 1.29 is 0 Å². The minimum absolute atomic E-state index is 0.277. The van der Waals surface area contributed by atoms with Crippen LogP contribution < -0.4 is 5.32 Å². The highest BCUT2D eigenvalue weighted by Gasteiger charge is 2.23. The van der Waals surface area contributed by atoms with Crippen LogP contribution in [-0.4, -0.2) is 18.0 Å². The molecule has 1 aromatic carbocycles. The van der Waals surface area contributed by atoms with Crippen molar-refractivity contribution in [2.45, 2.75) is 25.4 Å². The molecule has 1 unspecified atom stereocenters. The van der Waals surface area contributed by atoms with Gasteiger partial charge in [0, 0.05) is 24.0 Å². The standard InChI is InChI=1S/C18H21N3/c1-5-16-8-7-15(11-19)10-17(16)12-21(4)18-9-6-13(2)20-14(18)3/h5,7-8,10,18,20H,1-3,6,9,12H2,4H3. The van der Waals surface area contributed by atoms with E-state index in [9.17, 15) is 0 Å². The second kappa shape index (κ2) is 6.43. The van der Waals surface area contributed by atoms with Gasteiger partial charge >= 0.3 is 0 Å². The molecule has 1 aromatic rings. The van der Waals surface area contributed by atoms with Gasteiger partial charge in [0.15, 0.2) is 0 Å². The molecule has 1 aliphatic rings. The first-order valence-electron chi connectivity index (χ1n) is 7.04. The number of hydrogen-bond acceptors (Lipinski definition) is 3. The number of nitrogens with one attached hydrogen (secondary N) is 1. The summed E-state index contributed by atoms with van der Waals surface area (Å²) >= 11 is 0. The summed E-state index contributed by atoms with van der Waals surface area (Å²) in [6.07, 6.45) is 3.81. The summed E-state index contributed by atoms with van der Waals surface area (Å²) in [5.74, 6) is 0. The van der Waals surface area contributed by atoms with Gasteiger partial charge in [0.2, 0.25) is 0 Å². The van der Waals surface area contributed by atoms with Gasteiger partial charge in [-0.3, -0.25) is 4.90 Å². The molecule has 108 valence electrons. The van der Waals surface area contributed by atoms with Gasteiger partial charge in [-0.1, -0.05) is 31.9 Å². The molecule has 0 amide bonds. The van der Waals surface area contributed by atoms with Crippen molar-refractivity contribution in [3.05, 3.63) is 66.0 Å². The first-order chi connectivity index (χ1) is 10.0. The molecule has 1 atom stereocenters. The number of likely N-dealkylation sites (N-methyl/N-ethyl adjacent to an activating group) is 1.